The van der Waals surface area contributed by atoms with Crippen molar-refractivity contribution in [3.63, 3.8) is 0 Å². The minimum atomic E-state index is -0.847. The Morgan fingerprint density at radius 1 is 1.04 bits per heavy atom. The van der Waals surface area contributed by atoms with E-state index in [9.17, 15) is 4.79 Å². The van der Waals surface area contributed by atoms with E-state index < -0.39 is 8.15 Å². The molecule has 0 aliphatic carbocycles. The van der Waals surface area contributed by atoms with E-state index in [1.54, 1.807) is 0 Å². The molecule has 0 bridgehead atoms. The number of hydrogen-bond donors (Lipinski definition) is 0. The van der Waals surface area contributed by atoms with E-state index in [-0.39, 0.29) is 18.9 Å². The van der Waals surface area contributed by atoms with E-state index in [4.69, 9.17) is 4.52 Å². The van der Waals surface area contributed by atoms with Crippen molar-refractivity contribution in [1.29, 1.82) is 0 Å². The first-order valence-electron chi connectivity index (χ1n) is 8.07. The second-order valence-electron chi connectivity index (χ2n) is 6.26. The molecule has 24 heavy (non-hydrogen) atoms. The Kier molecular flexibility index (Phi) is 8.96. The fraction of sp³-hybridized carbons (Fsp3) is 0.350. The van der Waals surface area contributed by atoms with Gasteiger partial charge in [-0.2, -0.15) is 0 Å². The molecular formula is C20H26LiO2P. The van der Waals surface area contributed by atoms with Gasteiger partial charge in [-0.1, -0.05) is 44.2 Å². The molecule has 0 N–H and O–H groups in total. The third-order valence-corrected chi connectivity index (χ3v) is 5.77. The molecule has 124 valence electrons. The van der Waals surface area contributed by atoms with Crippen LogP contribution in [0.25, 0.3) is 0 Å². The van der Waals surface area contributed by atoms with Crippen molar-refractivity contribution in [2.75, 3.05) is 6.61 Å². The van der Waals surface area contributed by atoms with Crippen LogP contribution in [0.5, 0.6) is 0 Å². The van der Waals surface area contributed by atoms with E-state index in [1.807, 2.05) is 19.9 Å². The molecule has 2 nitrogen and oxygen atoms in total. The van der Waals surface area contributed by atoms with Crippen LogP contribution in [0.3, 0.4) is 0 Å². The predicted molar refractivity (Wildman–Crippen MR) is 106 cm³/mol. The van der Waals surface area contributed by atoms with Crippen molar-refractivity contribution < 1.29 is 9.32 Å². The minimum absolute atomic E-state index is 0. The van der Waals surface area contributed by atoms with Gasteiger partial charge in [-0.15, -0.1) is 0 Å². The molecule has 0 saturated carbocycles. The van der Waals surface area contributed by atoms with Crippen molar-refractivity contribution in [3.05, 3.63) is 59.2 Å². The molecule has 0 aliphatic rings. The average molecular weight is 336 g/mol. The maximum absolute atomic E-state index is 11.2. The van der Waals surface area contributed by atoms with Crippen LogP contribution >= 0.6 is 8.15 Å². The molecule has 4 heteroatoms. The number of carbonyl (C=O) groups is 1. The zero-order valence-corrected chi connectivity index (χ0v) is 15.3. The Balaban J connectivity index is 0.00000288. The molecule has 1 atom stereocenters. The summed E-state index contributed by atoms with van der Waals surface area (Å²) in [5.74, 6) is 0.628. The van der Waals surface area contributed by atoms with Crippen molar-refractivity contribution >= 4 is 43.9 Å². The summed E-state index contributed by atoms with van der Waals surface area (Å²) in [6.07, 6.45) is 1.99. The molecule has 1 unspecified atom stereocenters. The van der Waals surface area contributed by atoms with Crippen LogP contribution < -0.4 is 10.6 Å². The van der Waals surface area contributed by atoms with Gasteiger partial charge in [0.15, 0.2) is 6.29 Å². The average Bonchev–Trinajstić information content (AvgIpc) is 2.52. The Labute approximate surface area is 159 Å². The van der Waals surface area contributed by atoms with Crippen LogP contribution in [-0.4, -0.2) is 31.8 Å². The molecule has 0 fully saturated rings. The third kappa shape index (κ3) is 5.57. The molecule has 0 spiro atoms. The fourth-order valence-electron chi connectivity index (χ4n) is 2.50. The van der Waals surface area contributed by atoms with Gasteiger partial charge in [-0.3, -0.25) is 4.79 Å². The summed E-state index contributed by atoms with van der Waals surface area (Å²) >= 11 is 0. The zero-order chi connectivity index (χ0) is 16.8. The number of carbonyl (C=O) groups excluding carboxylic acids is 1. The second kappa shape index (κ2) is 10.2. The van der Waals surface area contributed by atoms with Crippen LogP contribution in [0.1, 0.15) is 41.8 Å². The molecular weight excluding hydrogens is 310 g/mol. The second-order valence-corrected chi connectivity index (χ2v) is 8.14. The van der Waals surface area contributed by atoms with Crippen LogP contribution in [-0.2, 0) is 4.52 Å². The van der Waals surface area contributed by atoms with E-state index >= 15 is 0 Å². The van der Waals surface area contributed by atoms with Gasteiger partial charge in [-0.05, 0) is 49.4 Å². The molecule has 2 rings (SSSR count). The first kappa shape index (κ1) is 21.1. The van der Waals surface area contributed by atoms with Crippen LogP contribution in [0.15, 0.2) is 42.5 Å². The topological polar surface area (TPSA) is 26.3 Å². The van der Waals surface area contributed by atoms with Crippen molar-refractivity contribution in [2.24, 2.45) is 5.92 Å². The fourth-order valence-corrected chi connectivity index (χ4v) is 4.45. The molecule has 0 aromatic heterocycles. The van der Waals surface area contributed by atoms with E-state index in [0.717, 1.165) is 36.0 Å². The van der Waals surface area contributed by atoms with Gasteiger partial charge in [0.25, 0.3) is 0 Å². The summed E-state index contributed by atoms with van der Waals surface area (Å²) in [5.41, 5.74) is 2.83. The quantitative estimate of drug-likeness (QED) is 0.436. The Morgan fingerprint density at radius 2 is 1.62 bits per heavy atom. The summed E-state index contributed by atoms with van der Waals surface area (Å²) < 4.78 is 6.29. The van der Waals surface area contributed by atoms with E-state index in [0.29, 0.717) is 5.92 Å². The third-order valence-electron chi connectivity index (χ3n) is 3.84. The molecule has 0 aliphatic heterocycles. The summed E-state index contributed by atoms with van der Waals surface area (Å²) in [4.78, 5) is 11.2. The molecule has 0 radical (unpaired) electrons. The van der Waals surface area contributed by atoms with Gasteiger partial charge in [-0.25, -0.2) is 0 Å². The first-order valence-corrected chi connectivity index (χ1v) is 9.33. The van der Waals surface area contributed by atoms with Gasteiger partial charge < -0.3 is 4.52 Å². The van der Waals surface area contributed by atoms with Crippen LogP contribution in [0.2, 0.25) is 0 Å². The molecule has 0 saturated heterocycles. The molecule has 2 aromatic rings. The number of hydrogen-bond acceptors (Lipinski definition) is 2. The monoisotopic (exact) mass is 336 g/mol. The van der Waals surface area contributed by atoms with Gasteiger partial charge in [0.05, 0.1) is 14.8 Å². The van der Waals surface area contributed by atoms with Crippen LogP contribution in [0.4, 0.5) is 0 Å². The summed E-state index contributed by atoms with van der Waals surface area (Å²) in [6.45, 7) is 9.16. The molecule has 0 amide bonds. The number of aryl methyl sites for hydroxylation is 2. The Morgan fingerprint density at radius 3 is 2.12 bits per heavy atom. The maximum atomic E-state index is 11.2. The SMILES string of the molecule is Cc1cc(P(OCCC(C)C)c2ccccc2)cc(C)c1C=O.[LiH]. The standard InChI is InChI=1S/C20H25O2P.Li.H/c1-15(2)10-11-22-23(18-8-6-5-7-9-18)19-12-16(3)20(14-21)17(4)13-19;;/h5-9,12-15H,10-11H2,1-4H3;;. The van der Waals surface area contributed by atoms with E-state index in [1.165, 1.54) is 10.6 Å². The number of benzene rings is 2. The van der Waals surface area contributed by atoms with Crippen molar-refractivity contribution in [3.8, 4) is 0 Å². The summed E-state index contributed by atoms with van der Waals surface area (Å²) in [7, 11) is -0.847. The summed E-state index contributed by atoms with van der Waals surface area (Å²) in [6, 6.07) is 14.6. The van der Waals surface area contributed by atoms with Gasteiger partial charge in [0.1, 0.15) is 0 Å². The number of rotatable bonds is 7. The van der Waals surface area contributed by atoms with Crippen molar-refractivity contribution in [2.45, 2.75) is 34.1 Å². The van der Waals surface area contributed by atoms with Gasteiger partial charge in [0.2, 0.25) is 0 Å². The molecule has 0 heterocycles. The predicted octanol–water partition coefficient (Wildman–Crippen LogP) is 3.88. The van der Waals surface area contributed by atoms with Crippen molar-refractivity contribution in [1.82, 2.24) is 0 Å². The number of aldehydes is 1. The zero-order valence-electron chi connectivity index (χ0n) is 14.4. The Bertz CT molecular complexity index is 633. The molecule has 2 aromatic carbocycles. The first-order chi connectivity index (χ1) is 11.0. The summed E-state index contributed by atoms with van der Waals surface area (Å²) in [5, 5.41) is 2.39. The normalized spacial score (nSPS) is 11.9. The van der Waals surface area contributed by atoms with E-state index in [2.05, 4.69) is 50.2 Å². The Hall–Kier alpha value is -0.903. The van der Waals surface area contributed by atoms with Gasteiger partial charge in [0, 0.05) is 16.2 Å². The van der Waals surface area contributed by atoms with Crippen LogP contribution in [0, 0.1) is 19.8 Å². The van der Waals surface area contributed by atoms with Gasteiger partial charge >= 0.3 is 18.9 Å².